The predicted molar refractivity (Wildman–Crippen MR) is 132 cm³/mol. The SMILES string of the molecule is CCC(C)CCCCCCCCCCCCCCCCC(=O)OCCC[N+](C)(C)C. The number of rotatable bonds is 22. The van der Waals surface area contributed by atoms with E-state index in [-0.39, 0.29) is 5.97 Å². The standard InChI is InChI=1S/C27H56NO2/c1-6-26(2)22-19-17-15-13-11-9-7-8-10-12-14-16-18-20-23-27(29)30-25-21-24-28(3,4)5/h26H,6-25H2,1-5H3/q+1. The Labute approximate surface area is 189 Å². The first-order chi connectivity index (χ1) is 14.3. The van der Waals surface area contributed by atoms with Crippen LogP contribution in [0.2, 0.25) is 0 Å². The second kappa shape index (κ2) is 20.3. The number of nitrogens with zero attached hydrogens (tertiary/aromatic N) is 1. The summed E-state index contributed by atoms with van der Waals surface area (Å²) in [6, 6.07) is 0. The van der Waals surface area contributed by atoms with E-state index in [1.165, 1.54) is 96.3 Å². The molecule has 0 fully saturated rings. The third kappa shape index (κ3) is 23.7. The Bertz CT molecular complexity index is 376. The van der Waals surface area contributed by atoms with Crippen LogP contribution < -0.4 is 0 Å². The summed E-state index contributed by atoms with van der Waals surface area (Å²) in [6.07, 6.45) is 23.3. The summed E-state index contributed by atoms with van der Waals surface area (Å²) in [5, 5.41) is 0. The molecule has 0 aromatic carbocycles. The third-order valence-corrected chi connectivity index (χ3v) is 6.26. The van der Waals surface area contributed by atoms with Crippen molar-refractivity contribution in [1.82, 2.24) is 0 Å². The molecule has 0 saturated carbocycles. The molecule has 0 N–H and O–H groups in total. The largest absolute Gasteiger partial charge is 0.465 e. The molecular formula is C27H56NO2+. The smallest absolute Gasteiger partial charge is 0.305 e. The molecule has 0 aromatic rings. The van der Waals surface area contributed by atoms with E-state index in [9.17, 15) is 4.79 Å². The molecule has 180 valence electrons. The first-order valence-corrected chi connectivity index (χ1v) is 13.3. The average molecular weight is 427 g/mol. The third-order valence-electron chi connectivity index (χ3n) is 6.26. The number of carbonyl (C=O) groups is 1. The van der Waals surface area contributed by atoms with Gasteiger partial charge in [0.2, 0.25) is 0 Å². The number of hydrogen-bond donors (Lipinski definition) is 0. The van der Waals surface area contributed by atoms with E-state index in [1.807, 2.05) is 0 Å². The number of carbonyl (C=O) groups excluding carboxylic acids is 1. The molecule has 0 rings (SSSR count). The van der Waals surface area contributed by atoms with Gasteiger partial charge in [-0.2, -0.15) is 0 Å². The van der Waals surface area contributed by atoms with Gasteiger partial charge in [0.1, 0.15) is 0 Å². The molecule has 0 heterocycles. The first kappa shape index (κ1) is 29.4. The number of quaternary nitrogens is 1. The maximum atomic E-state index is 11.7. The van der Waals surface area contributed by atoms with E-state index in [4.69, 9.17) is 4.74 Å². The van der Waals surface area contributed by atoms with Crippen molar-refractivity contribution in [1.29, 1.82) is 0 Å². The maximum Gasteiger partial charge on any atom is 0.305 e. The summed E-state index contributed by atoms with van der Waals surface area (Å²) in [7, 11) is 6.50. The summed E-state index contributed by atoms with van der Waals surface area (Å²) < 4.78 is 6.25. The van der Waals surface area contributed by atoms with E-state index in [0.29, 0.717) is 13.0 Å². The molecule has 1 atom stereocenters. The Morgan fingerprint density at radius 3 is 1.57 bits per heavy atom. The van der Waals surface area contributed by atoms with Crippen LogP contribution in [0.1, 0.15) is 129 Å². The minimum atomic E-state index is -0.00748. The molecule has 3 nitrogen and oxygen atoms in total. The summed E-state index contributed by atoms with van der Waals surface area (Å²) in [4.78, 5) is 11.7. The van der Waals surface area contributed by atoms with E-state index >= 15 is 0 Å². The zero-order valence-corrected chi connectivity index (χ0v) is 21.5. The number of esters is 1. The van der Waals surface area contributed by atoms with Gasteiger partial charge < -0.3 is 9.22 Å². The molecule has 0 aliphatic heterocycles. The summed E-state index contributed by atoms with van der Waals surface area (Å²) in [6.45, 7) is 6.31. The lowest BCUT2D eigenvalue weighted by Crippen LogP contribution is -2.35. The topological polar surface area (TPSA) is 26.3 Å². The fourth-order valence-electron chi connectivity index (χ4n) is 3.88. The Kier molecular flexibility index (Phi) is 20.0. The average Bonchev–Trinajstić information content (AvgIpc) is 2.69. The van der Waals surface area contributed by atoms with Crippen LogP contribution in [0.4, 0.5) is 0 Å². The van der Waals surface area contributed by atoms with Crippen LogP contribution in [0.5, 0.6) is 0 Å². The Hall–Kier alpha value is -0.570. The van der Waals surface area contributed by atoms with Crippen molar-refractivity contribution < 1.29 is 14.0 Å². The molecule has 0 aromatic heterocycles. The van der Waals surface area contributed by atoms with E-state index in [2.05, 4.69) is 35.0 Å². The van der Waals surface area contributed by atoms with Gasteiger partial charge in [0.15, 0.2) is 0 Å². The molecule has 0 bridgehead atoms. The molecule has 3 heteroatoms. The van der Waals surface area contributed by atoms with Crippen molar-refractivity contribution in [2.45, 2.75) is 129 Å². The van der Waals surface area contributed by atoms with Crippen molar-refractivity contribution in [2.75, 3.05) is 34.3 Å². The fraction of sp³-hybridized carbons (Fsp3) is 0.963. The summed E-state index contributed by atoms with van der Waals surface area (Å²) in [5.74, 6) is 0.918. The van der Waals surface area contributed by atoms with Crippen LogP contribution in [0.25, 0.3) is 0 Å². The Morgan fingerprint density at radius 2 is 1.13 bits per heavy atom. The zero-order valence-electron chi connectivity index (χ0n) is 21.5. The zero-order chi connectivity index (χ0) is 22.5. The highest BCUT2D eigenvalue weighted by atomic mass is 16.5. The molecule has 0 aliphatic rings. The monoisotopic (exact) mass is 426 g/mol. The highest BCUT2D eigenvalue weighted by Crippen LogP contribution is 2.16. The maximum absolute atomic E-state index is 11.7. The molecule has 0 spiro atoms. The minimum Gasteiger partial charge on any atom is -0.465 e. The summed E-state index contributed by atoms with van der Waals surface area (Å²) >= 11 is 0. The fourth-order valence-corrected chi connectivity index (χ4v) is 3.88. The van der Waals surface area contributed by atoms with Crippen molar-refractivity contribution in [2.24, 2.45) is 5.92 Å². The van der Waals surface area contributed by atoms with Crippen molar-refractivity contribution in [3.05, 3.63) is 0 Å². The second-order valence-electron chi connectivity index (χ2n) is 10.6. The second-order valence-corrected chi connectivity index (χ2v) is 10.6. The van der Waals surface area contributed by atoms with Crippen LogP contribution in [-0.2, 0) is 9.53 Å². The van der Waals surface area contributed by atoms with Crippen molar-refractivity contribution >= 4 is 5.97 Å². The number of ether oxygens (including phenoxy) is 1. The molecular weight excluding hydrogens is 370 g/mol. The predicted octanol–water partition coefficient (Wildman–Crippen LogP) is 7.91. The molecule has 0 radical (unpaired) electrons. The van der Waals surface area contributed by atoms with Gasteiger partial charge in [0.25, 0.3) is 0 Å². The van der Waals surface area contributed by atoms with E-state index < -0.39 is 0 Å². The van der Waals surface area contributed by atoms with Crippen molar-refractivity contribution in [3.8, 4) is 0 Å². The number of unbranched alkanes of at least 4 members (excludes halogenated alkanes) is 13. The van der Waals surface area contributed by atoms with Gasteiger partial charge in [0, 0.05) is 12.8 Å². The summed E-state index contributed by atoms with van der Waals surface area (Å²) in [5.41, 5.74) is 0. The van der Waals surface area contributed by atoms with Crippen LogP contribution in [0.3, 0.4) is 0 Å². The molecule has 0 amide bonds. The molecule has 1 unspecified atom stereocenters. The normalized spacial score (nSPS) is 12.8. The van der Waals surface area contributed by atoms with Gasteiger partial charge in [-0.15, -0.1) is 0 Å². The van der Waals surface area contributed by atoms with Gasteiger partial charge in [-0.3, -0.25) is 4.79 Å². The van der Waals surface area contributed by atoms with Gasteiger partial charge in [-0.1, -0.05) is 110 Å². The van der Waals surface area contributed by atoms with Gasteiger partial charge in [-0.25, -0.2) is 0 Å². The van der Waals surface area contributed by atoms with E-state index in [1.54, 1.807) is 0 Å². The van der Waals surface area contributed by atoms with Crippen LogP contribution >= 0.6 is 0 Å². The van der Waals surface area contributed by atoms with Crippen LogP contribution in [-0.4, -0.2) is 44.7 Å². The van der Waals surface area contributed by atoms with Crippen LogP contribution in [0, 0.1) is 5.92 Å². The van der Waals surface area contributed by atoms with E-state index in [0.717, 1.165) is 29.8 Å². The minimum absolute atomic E-state index is 0.00748. The lowest BCUT2D eigenvalue weighted by Gasteiger charge is -2.23. The number of hydrogen-bond acceptors (Lipinski definition) is 2. The first-order valence-electron chi connectivity index (χ1n) is 13.3. The molecule has 0 aliphatic carbocycles. The van der Waals surface area contributed by atoms with Crippen LogP contribution in [0.15, 0.2) is 0 Å². The highest BCUT2D eigenvalue weighted by molar-refractivity contribution is 5.69. The van der Waals surface area contributed by atoms with Gasteiger partial charge in [0.05, 0.1) is 34.3 Å². The lowest BCUT2D eigenvalue weighted by atomic mass is 9.99. The quantitative estimate of drug-likeness (QED) is 0.0998. The Balaban J connectivity index is 3.18. The van der Waals surface area contributed by atoms with Crippen molar-refractivity contribution in [3.63, 3.8) is 0 Å². The van der Waals surface area contributed by atoms with Gasteiger partial charge >= 0.3 is 5.97 Å². The Morgan fingerprint density at radius 1 is 0.700 bits per heavy atom. The van der Waals surface area contributed by atoms with Gasteiger partial charge in [-0.05, 0) is 12.3 Å². The molecule has 30 heavy (non-hydrogen) atoms. The molecule has 0 saturated heterocycles. The highest BCUT2D eigenvalue weighted by Gasteiger charge is 2.08. The lowest BCUT2D eigenvalue weighted by molar-refractivity contribution is -0.870.